The molecule has 1 aromatic rings. The van der Waals surface area contributed by atoms with Crippen molar-refractivity contribution in [1.29, 1.82) is 0 Å². The second kappa shape index (κ2) is 6.15. The Balaban J connectivity index is 3.63. The fourth-order valence-corrected chi connectivity index (χ4v) is 4.53. The van der Waals surface area contributed by atoms with E-state index in [9.17, 15) is 16.8 Å². The number of halogens is 1. The molecule has 0 aliphatic rings. The Morgan fingerprint density at radius 3 is 2.00 bits per heavy atom. The third-order valence-electron chi connectivity index (χ3n) is 3.21. The number of benzene rings is 1. The lowest BCUT2D eigenvalue weighted by Crippen LogP contribution is -2.14. The number of sulfone groups is 2. The summed E-state index contributed by atoms with van der Waals surface area (Å²) in [6, 6.07) is 4.34. The Bertz CT molecular complexity index is 691. The van der Waals surface area contributed by atoms with Crippen LogP contribution in [0.2, 0.25) is 0 Å². The highest BCUT2D eigenvalue weighted by Crippen LogP contribution is 2.33. The summed E-state index contributed by atoms with van der Waals surface area (Å²) in [6.45, 7) is 3.92. The van der Waals surface area contributed by atoms with Crippen LogP contribution in [-0.2, 0) is 19.7 Å². The van der Waals surface area contributed by atoms with Crippen molar-refractivity contribution in [3.05, 3.63) is 23.8 Å². The van der Waals surface area contributed by atoms with Gasteiger partial charge in [-0.3, -0.25) is 0 Å². The van der Waals surface area contributed by atoms with Gasteiger partial charge in [0.1, 0.15) is 0 Å². The van der Waals surface area contributed by atoms with E-state index in [1.54, 1.807) is 6.07 Å². The van der Waals surface area contributed by atoms with Crippen molar-refractivity contribution in [1.82, 2.24) is 0 Å². The minimum absolute atomic E-state index is 0.00772. The Labute approximate surface area is 129 Å². The summed E-state index contributed by atoms with van der Waals surface area (Å²) in [6.07, 6.45) is 2.93. The van der Waals surface area contributed by atoms with E-state index in [0.717, 1.165) is 18.9 Å². The van der Waals surface area contributed by atoms with Gasteiger partial charge in [-0.1, -0.05) is 35.8 Å². The summed E-state index contributed by atoms with van der Waals surface area (Å²) >= 11 is 3.48. The zero-order chi connectivity index (χ0) is 15.7. The highest BCUT2D eigenvalue weighted by molar-refractivity contribution is 9.09. The van der Waals surface area contributed by atoms with Crippen LogP contribution in [0.3, 0.4) is 0 Å². The van der Waals surface area contributed by atoms with Crippen LogP contribution in [0.4, 0.5) is 0 Å². The van der Waals surface area contributed by atoms with Gasteiger partial charge in [0.15, 0.2) is 19.7 Å². The van der Waals surface area contributed by atoms with Gasteiger partial charge in [0.05, 0.1) is 9.79 Å². The van der Waals surface area contributed by atoms with Crippen molar-refractivity contribution in [2.45, 2.75) is 40.8 Å². The van der Waals surface area contributed by atoms with E-state index in [1.807, 2.05) is 13.8 Å². The molecule has 2 atom stereocenters. The van der Waals surface area contributed by atoms with Crippen molar-refractivity contribution in [2.24, 2.45) is 0 Å². The number of rotatable bonds is 5. The molecule has 7 heteroatoms. The Morgan fingerprint density at radius 1 is 1.10 bits per heavy atom. The van der Waals surface area contributed by atoms with Crippen molar-refractivity contribution in [2.75, 3.05) is 12.5 Å². The van der Waals surface area contributed by atoms with E-state index in [-0.39, 0.29) is 20.5 Å². The third kappa shape index (κ3) is 4.05. The minimum Gasteiger partial charge on any atom is -0.224 e. The predicted molar refractivity (Wildman–Crippen MR) is 84.1 cm³/mol. The van der Waals surface area contributed by atoms with E-state index in [1.165, 1.54) is 12.1 Å². The van der Waals surface area contributed by atoms with Gasteiger partial charge in [-0.25, -0.2) is 16.8 Å². The summed E-state index contributed by atoms with van der Waals surface area (Å²) in [4.78, 5) is 0.217. The van der Waals surface area contributed by atoms with Gasteiger partial charge in [-0.05, 0) is 30.0 Å². The van der Waals surface area contributed by atoms with Crippen molar-refractivity contribution in [3.63, 3.8) is 0 Å². The van der Waals surface area contributed by atoms with Crippen LogP contribution < -0.4 is 0 Å². The molecular formula is C13H19BrO4S2. The lowest BCUT2D eigenvalue weighted by molar-refractivity contribution is 0.592. The molecule has 114 valence electrons. The van der Waals surface area contributed by atoms with E-state index >= 15 is 0 Å². The molecule has 0 bridgehead atoms. The van der Waals surface area contributed by atoms with Gasteiger partial charge < -0.3 is 0 Å². The normalized spacial score (nSPS) is 15.8. The number of hydrogen-bond donors (Lipinski definition) is 0. The highest BCUT2D eigenvalue weighted by Gasteiger charge is 2.24. The average Bonchev–Trinajstić information content (AvgIpc) is 2.26. The van der Waals surface area contributed by atoms with Gasteiger partial charge in [-0.15, -0.1) is 0 Å². The SMILES string of the molecule is CCC(c1ccc(S(C)(=O)=O)cc1S(C)(=O)=O)C(C)Br. The average molecular weight is 383 g/mol. The zero-order valence-corrected chi connectivity index (χ0v) is 15.1. The number of alkyl halides is 1. The fraction of sp³-hybridized carbons (Fsp3) is 0.538. The molecule has 0 aromatic heterocycles. The van der Waals surface area contributed by atoms with Crippen LogP contribution in [0.15, 0.2) is 28.0 Å². The Morgan fingerprint density at radius 2 is 1.65 bits per heavy atom. The summed E-state index contributed by atoms with van der Waals surface area (Å²) < 4.78 is 47.1. The van der Waals surface area contributed by atoms with Crippen LogP contribution in [-0.4, -0.2) is 34.2 Å². The minimum atomic E-state index is -3.49. The maximum Gasteiger partial charge on any atom is 0.175 e. The lowest BCUT2D eigenvalue weighted by Gasteiger charge is -2.21. The first-order chi connectivity index (χ1) is 8.98. The lowest BCUT2D eigenvalue weighted by atomic mass is 9.94. The monoisotopic (exact) mass is 382 g/mol. The molecule has 0 aliphatic carbocycles. The molecule has 2 unspecified atom stereocenters. The first-order valence-corrected chi connectivity index (χ1v) is 10.9. The van der Waals surface area contributed by atoms with Gasteiger partial charge in [0, 0.05) is 17.3 Å². The molecule has 1 rings (SSSR count). The third-order valence-corrected chi connectivity index (χ3v) is 6.11. The van der Waals surface area contributed by atoms with E-state index in [0.29, 0.717) is 5.56 Å². The van der Waals surface area contributed by atoms with E-state index in [2.05, 4.69) is 15.9 Å². The molecular weight excluding hydrogens is 364 g/mol. The van der Waals surface area contributed by atoms with Crippen LogP contribution in [0, 0.1) is 0 Å². The molecule has 0 spiro atoms. The topological polar surface area (TPSA) is 68.3 Å². The van der Waals surface area contributed by atoms with E-state index < -0.39 is 19.7 Å². The molecule has 0 saturated heterocycles. The second-order valence-electron chi connectivity index (χ2n) is 4.94. The second-order valence-corrected chi connectivity index (χ2v) is 10.4. The molecule has 0 N–H and O–H groups in total. The maximum atomic E-state index is 12.0. The van der Waals surface area contributed by atoms with Crippen LogP contribution in [0.1, 0.15) is 31.7 Å². The molecule has 0 aliphatic heterocycles. The first kappa shape index (κ1) is 17.7. The highest BCUT2D eigenvalue weighted by atomic mass is 79.9. The molecule has 4 nitrogen and oxygen atoms in total. The largest absolute Gasteiger partial charge is 0.224 e. The summed E-state index contributed by atoms with van der Waals surface area (Å²) in [5.41, 5.74) is 0.659. The molecule has 0 saturated carbocycles. The van der Waals surface area contributed by atoms with E-state index in [4.69, 9.17) is 0 Å². The quantitative estimate of drug-likeness (QED) is 0.734. The molecule has 0 amide bonds. The predicted octanol–water partition coefficient (Wildman–Crippen LogP) is 2.77. The van der Waals surface area contributed by atoms with Gasteiger partial charge in [-0.2, -0.15) is 0 Å². The molecule has 1 aromatic carbocycles. The summed E-state index contributed by atoms with van der Waals surface area (Å²) in [5.74, 6) is 0.00772. The Hall–Kier alpha value is -0.400. The van der Waals surface area contributed by atoms with Crippen LogP contribution in [0.25, 0.3) is 0 Å². The summed E-state index contributed by atoms with van der Waals surface area (Å²) in [7, 11) is -6.92. The van der Waals surface area contributed by atoms with Crippen LogP contribution in [0.5, 0.6) is 0 Å². The van der Waals surface area contributed by atoms with Crippen molar-refractivity contribution < 1.29 is 16.8 Å². The standard InChI is InChI=1S/C13H19BrO4S2/c1-5-11(9(2)14)12-7-6-10(19(3,15)16)8-13(12)20(4,17)18/h6-9,11H,5H2,1-4H3. The summed E-state index contributed by atoms with van der Waals surface area (Å²) in [5, 5.41) is 0. The zero-order valence-electron chi connectivity index (χ0n) is 11.9. The Kier molecular flexibility index (Phi) is 5.43. The molecule has 0 radical (unpaired) electrons. The van der Waals surface area contributed by atoms with Gasteiger partial charge in [0.2, 0.25) is 0 Å². The van der Waals surface area contributed by atoms with Gasteiger partial charge >= 0.3 is 0 Å². The smallest absolute Gasteiger partial charge is 0.175 e. The molecule has 0 heterocycles. The molecule has 0 fully saturated rings. The van der Waals surface area contributed by atoms with Crippen LogP contribution >= 0.6 is 15.9 Å². The maximum absolute atomic E-state index is 12.0. The first-order valence-electron chi connectivity index (χ1n) is 6.16. The van der Waals surface area contributed by atoms with Gasteiger partial charge in [0.25, 0.3) is 0 Å². The number of hydrogen-bond acceptors (Lipinski definition) is 4. The fourth-order valence-electron chi connectivity index (χ4n) is 2.16. The molecule has 20 heavy (non-hydrogen) atoms. The van der Waals surface area contributed by atoms with Crippen molar-refractivity contribution in [3.8, 4) is 0 Å². The van der Waals surface area contributed by atoms with Crippen molar-refractivity contribution >= 4 is 35.6 Å².